The van der Waals surface area contributed by atoms with Crippen LogP contribution in [0.15, 0.2) is 27.2 Å². The summed E-state index contributed by atoms with van der Waals surface area (Å²) in [4.78, 5) is 23.5. The van der Waals surface area contributed by atoms with Crippen molar-refractivity contribution in [1.29, 1.82) is 0 Å². The molecule has 2 N–H and O–H groups in total. The van der Waals surface area contributed by atoms with Crippen LogP contribution in [0.1, 0.15) is 28.0 Å². The van der Waals surface area contributed by atoms with Crippen molar-refractivity contribution >= 4 is 63.1 Å². The minimum absolute atomic E-state index is 0. The lowest BCUT2D eigenvalue weighted by atomic mass is 10.4. The molecular weight excluding hydrogens is 543 g/mol. The molecule has 10 heteroatoms. The fourth-order valence-corrected chi connectivity index (χ4v) is 3.73. The van der Waals surface area contributed by atoms with Crippen molar-refractivity contribution in [3.05, 3.63) is 38.5 Å². The van der Waals surface area contributed by atoms with Crippen LogP contribution in [-0.2, 0) is 13.6 Å². The summed E-state index contributed by atoms with van der Waals surface area (Å²) in [6, 6.07) is 2.09. The molecule has 2 aromatic rings. The molecule has 0 saturated heterocycles. The van der Waals surface area contributed by atoms with E-state index < -0.39 is 0 Å². The van der Waals surface area contributed by atoms with E-state index in [9.17, 15) is 4.79 Å². The van der Waals surface area contributed by atoms with Gasteiger partial charge in [0.15, 0.2) is 5.96 Å². The average molecular weight is 569 g/mol. The summed E-state index contributed by atoms with van der Waals surface area (Å²) in [5.41, 5.74) is 3.62. The number of aromatic nitrogens is 2. The van der Waals surface area contributed by atoms with E-state index in [0.29, 0.717) is 18.0 Å². The first-order valence-corrected chi connectivity index (χ1v) is 10.1. The Kier molecular flexibility index (Phi) is 10.3. The lowest BCUT2D eigenvalue weighted by molar-refractivity contribution is 0.0958. The van der Waals surface area contributed by atoms with Crippen LogP contribution in [-0.4, -0.2) is 53.0 Å². The highest BCUT2D eigenvalue weighted by molar-refractivity contribution is 14.0. The molecule has 0 fully saturated rings. The fourth-order valence-electron chi connectivity index (χ4n) is 2.44. The molecule has 2 aromatic heterocycles. The fraction of sp³-hybridized carbons (Fsp3) is 0.471. The number of halogens is 2. The van der Waals surface area contributed by atoms with Crippen molar-refractivity contribution in [3.8, 4) is 0 Å². The van der Waals surface area contributed by atoms with Gasteiger partial charge in [0, 0.05) is 43.5 Å². The number of thiazole rings is 1. The van der Waals surface area contributed by atoms with Crippen molar-refractivity contribution in [2.45, 2.75) is 20.4 Å². The number of nitrogens with one attached hydrogen (secondary N) is 2. The first-order chi connectivity index (χ1) is 12.4. The maximum Gasteiger partial charge on any atom is 0.263 e. The molecule has 0 bridgehead atoms. The van der Waals surface area contributed by atoms with Crippen molar-refractivity contribution in [2.75, 3.05) is 26.7 Å². The molecular formula is C17H26BrIN6OS. The molecule has 0 radical (unpaired) electrons. The monoisotopic (exact) mass is 568 g/mol. The summed E-state index contributed by atoms with van der Waals surface area (Å²) in [5, 5.41) is 6.18. The van der Waals surface area contributed by atoms with Gasteiger partial charge in [-0.25, -0.2) is 4.98 Å². The molecule has 1 amide bonds. The van der Waals surface area contributed by atoms with Gasteiger partial charge in [-0.1, -0.05) is 0 Å². The van der Waals surface area contributed by atoms with Gasteiger partial charge >= 0.3 is 0 Å². The van der Waals surface area contributed by atoms with Gasteiger partial charge in [-0.15, -0.1) is 35.3 Å². The molecule has 0 saturated carbocycles. The molecule has 0 aliphatic carbocycles. The number of aliphatic imine (C=N–C) groups is 1. The minimum Gasteiger partial charge on any atom is -0.357 e. The predicted octanol–water partition coefficient (Wildman–Crippen LogP) is 3.00. The lowest BCUT2D eigenvalue weighted by Crippen LogP contribution is -2.39. The molecule has 150 valence electrons. The topological polar surface area (TPSA) is 74.5 Å². The number of guanidine groups is 1. The zero-order valence-electron chi connectivity index (χ0n) is 16.0. The third kappa shape index (κ3) is 7.07. The molecule has 0 aromatic carbocycles. The summed E-state index contributed by atoms with van der Waals surface area (Å²) in [6.07, 6.45) is 2.03. The van der Waals surface area contributed by atoms with Gasteiger partial charge < -0.3 is 20.1 Å². The van der Waals surface area contributed by atoms with Gasteiger partial charge in [0.1, 0.15) is 4.88 Å². The zero-order chi connectivity index (χ0) is 19.1. The van der Waals surface area contributed by atoms with Crippen LogP contribution in [0.4, 0.5) is 0 Å². The first-order valence-electron chi connectivity index (χ1n) is 8.40. The van der Waals surface area contributed by atoms with E-state index in [4.69, 9.17) is 0 Å². The van der Waals surface area contributed by atoms with Gasteiger partial charge in [0.2, 0.25) is 0 Å². The van der Waals surface area contributed by atoms with Crippen LogP contribution in [0.5, 0.6) is 0 Å². The van der Waals surface area contributed by atoms with E-state index >= 15 is 0 Å². The molecule has 0 unspecified atom stereocenters. The largest absolute Gasteiger partial charge is 0.357 e. The highest BCUT2D eigenvalue weighted by Crippen LogP contribution is 2.15. The average Bonchev–Trinajstić information content (AvgIpc) is 3.15. The lowest BCUT2D eigenvalue weighted by Gasteiger charge is -2.22. The molecule has 0 spiro atoms. The van der Waals surface area contributed by atoms with E-state index in [-0.39, 0.29) is 29.9 Å². The predicted molar refractivity (Wildman–Crippen MR) is 125 cm³/mol. The number of aryl methyl sites for hydroxylation is 2. The zero-order valence-corrected chi connectivity index (χ0v) is 20.7. The van der Waals surface area contributed by atoms with E-state index in [2.05, 4.69) is 52.1 Å². The molecule has 0 atom stereocenters. The SMILES string of the molecule is CCNC(=NCCNC(=O)c1scnc1C)N(C)Cc1cc(Br)cn1C.I. The van der Waals surface area contributed by atoms with Gasteiger partial charge in [-0.3, -0.25) is 9.79 Å². The number of hydrogen-bond acceptors (Lipinski definition) is 4. The Labute approximate surface area is 189 Å². The summed E-state index contributed by atoms with van der Waals surface area (Å²) >= 11 is 4.85. The van der Waals surface area contributed by atoms with Crippen LogP contribution >= 0.6 is 51.2 Å². The summed E-state index contributed by atoms with van der Waals surface area (Å²) in [5.74, 6) is 0.722. The second kappa shape index (κ2) is 11.6. The Morgan fingerprint density at radius 1 is 1.44 bits per heavy atom. The molecule has 0 aliphatic heterocycles. The van der Waals surface area contributed by atoms with Crippen LogP contribution < -0.4 is 10.6 Å². The van der Waals surface area contributed by atoms with Crippen LogP contribution in [0.2, 0.25) is 0 Å². The van der Waals surface area contributed by atoms with E-state index in [0.717, 1.165) is 29.2 Å². The third-order valence-electron chi connectivity index (χ3n) is 3.78. The Morgan fingerprint density at radius 2 is 2.19 bits per heavy atom. The van der Waals surface area contributed by atoms with Crippen molar-refractivity contribution in [1.82, 2.24) is 25.1 Å². The first kappa shape index (κ1) is 23.9. The maximum absolute atomic E-state index is 12.1. The molecule has 2 rings (SSSR count). The maximum atomic E-state index is 12.1. The highest BCUT2D eigenvalue weighted by Gasteiger charge is 2.12. The third-order valence-corrected chi connectivity index (χ3v) is 5.14. The van der Waals surface area contributed by atoms with Gasteiger partial charge in [0.25, 0.3) is 5.91 Å². The summed E-state index contributed by atoms with van der Waals surface area (Å²) in [6.45, 7) is 6.38. The van der Waals surface area contributed by atoms with Gasteiger partial charge in [-0.2, -0.15) is 0 Å². The Hall–Kier alpha value is -1.14. The second-order valence-corrected chi connectivity index (χ2v) is 7.65. The number of rotatable bonds is 7. The van der Waals surface area contributed by atoms with Gasteiger partial charge in [0.05, 0.1) is 24.3 Å². The normalized spacial score (nSPS) is 11.1. The quantitative estimate of drug-likeness (QED) is 0.233. The smallest absolute Gasteiger partial charge is 0.263 e. The van der Waals surface area contributed by atoms with Crippen molar-refractivity contribution in [2.24, 2.45) is 12.0 Å². The number of hydrogen-bond donors (Lipinski definition) is 2. The molecule has 27 heavy (non-hydrogen) atoms. The van der Waals surface area contributed by atoms with Crippen molar-refractivity contribution < 1.29 is 4.79 Å². The Bertz CT molecular complexity index is 775. The molecule has 2 heterocycles. The Morgan fingerprint density at radius 3 is 2.74 bits per heavy atom. The number of carbonyl (C=O) groups excluding carboxylic acids is 1. The number of carbonyl (C=O) groups is 1. The number of amides is 1. The second-order valence-electron chi connectivity index (χ2n) is 5.88. The molecule has 0 aliphatic rings. The molecule has 7 nitrogen and oxygen atoms in total. The van der Waals surface area contributed by atoms with E-state index in [1.807, 2.05) is 34.1 Å². The highest BCUT2D eigenvalue weighted by atomic mass is 127. The van der Waals surface area contributed by atoms with Crippen LogP contribution in [0.25, 0.3) is 0 Å². The Balaban J connectivity index is 0.00000364. The summed E-state index contributed by atoms with van der Waals surface area (Å²) < 4.78 is 3.15. The van der Waals surface area contributed by atoms with Gasteiger partial charge in [-0.05, 0) is 35.8 Å². The minimum atomic E-state index is -0.0905. The summed E-state index contributed by atoms with van der Waals surface area (Å²) in [7, 11) is 4.02. The van der Waals surface area contributed by atoms with Crippen LogP contribution in [0.3, 0.4) is 0 Å². The number of nitrogens with zero attached hydrogens (tertiary/aromatic N) is 4. The van der Waals surface area contributed by atoms with Crippen LogP contribution in [0, 0.1) is 6.92 Å². The van der Waals surface area contributed by atoms with E-state index in [1.165, 1.54) is 17.0 Å². The van der Waals surface area contributed by atoms with E-state index in [1.54, 1.807) is 5.51 Å². The van der Waals surface area contributed by atoms with Crippen molar-refractivity contribution in [3.63, 3.8) is 0 Å². The standard InChI is InChI=1S/C17H25BrN6OS.HI/c1-5-19-17(24(4)10-14-8-13(18)9-23(14)3)21-7-6-20-16(25)15-12(2)22-11-26-15;/h8-9,11H,5-7,10H2,1-4H3,(H,19,21)(H,20,25);1H.